The molecule has 1 aliphatic rings. The topological polar surface area (TPSA) is 61.8 Å². The summed E-state index contributed by atoms with van der Waals surface area (Å²) in [6.45, 7) is 0. The summed E-state index contributed by atoms with van der Waals surface area (Å²) < 4.78 is 13.9. The van der Waals surface area contributed by atoms with Gasteiger partial charge in [0.15, 0.2) is 0 Å². The van der Waals surface area contributed by atoms with Crippen molar-refractivity contribution in [3.63, 3.8) is 0 Å². The van der Waals surface area contributed by atoms with Crippen LogP contribution in [0.4, 0.5) is 15.8 Å². The Morgan fingerprint density at radius 1 is 1.25 bits per heavy atom. The van der Waals surface area contributed by atoms with Crippen LogP contribution in [0.5, 0.6) is 0 Å². The van der Waals surface area contributed by atoms with E-state index in [2.05, 4.69) is 5.32 Å². The number of nitrogens with two attached hydrogens (primary N) is 1. The molecule has 3 N–H and O–H groups in total. The van der Waals surface area contributed by atoms with Gasteiger partial charge in [0, 0.05) is 5.69 Å². The van der Waals surface area contributed by atoms with Crippen LogP contribution in [0.1, 0.15) is 29.2 Å². The Morgan fingerprint density at radius 2 is 2.10 bits per heavy atom. The number of fused-ring (bicyclic) bond motifs is 1. The first-order chi connectivity index (χ1) is 9.67. The van der Waals surface area contributed by atoms with Gasteiger partial charge in [0.05, 0.1) is 23.4 Å². The van der Waals surface area contributed by atoms with Gasteiger partial charge in [-0.15, -0.1) is 0 Å². The van der Waals surface area contributed by atoms with Gasteiger partial charge in [-0.2, -0.15) is 5.26 Å². The lowest BCUT2D eigenvalue weighted by molar-refractivity contribution is 0.624. The molecule has 20 heavy (non-hydrogen) atoms. The van der Waals surface area contributed by atoms with E-state index in [1.165, 1.54) is 17.2 Å². The van der Waals surface area contributed by atoms with Crippen LogP contribution >= 0.6 is 0 Å². The number of nitrogens with one attached hydrogen (secondary N) is 1. The number of nitrogen functional groups attached to an aromatic ring is 1. The van der Waals surface area contributed by atoms with Gasteiger partial charge in [-0.05, 0) is 54.3 Å². The first-order valence-electron chi connectivity index (χ1n) is 6.52. The summed E-state index contributed by atoms with van der Waals surface area (Å²) in [4.78, 5) is 0. The zero-order valence-electron chi connectivity index (χ0n) is 10.9. The lowest BCUT2D eigenvalue weighted by Crippen LogP contribution is -2.08. The minimum atomic E-state index is -0.395. The van der Waals surface area contributed by atoms with Gasteiger partial charge in [0.2, 0.25) is 0 Å². The molecule has 0 fully saturated rings. The minimum Gasteiger partial charge on any atom is -0.399 e. The Balaban J connectivity index is 1.86. The molecule has 0 saturated carbocycles. The number of hydrogen-bond donors (Lipinski definition) is 2. The highest BCUT2D eigenvalue weighted by Gasteiger charge is 2.23. The SMILES string of the molecule is N#Cc1ccc(NC2CCc3cc(N)ccc32)c(F)c1. The molecular formula is C16H14FN3. The second-order valence-electron chi connectivity index (χ2n) is 5.00. The summed E-state index contributed by atoms with van der Waals surface area (Å²) in [6.07, 6.45) is 1.86. The van der Waals surface area contributed by atoms with Crippen molar-refractivity contribution >= 4 is 11.4 Å². The van der Waals surface area contributed by atoms with Crippen LogP contribution < -0.4 is 11.1 Å². The van der Waals surface area contributed by atoms with Gasteiger partial charge in [0.25, 0.3) is 0 Å². The molecule has 2 aromatic carbocycles. The average Bonchev–Trinajstić information content (AvgIpc) is 2.83. The smallest absolute Gasteiger partial charge is 0.147 e. The van der Waals surface area contributed by atoms with E-state index < -0.39 is 5.82 Å². The van der Waals surface area contributed by atoms with Crippen molar-refractivity contribution in [3.8, 4) is 6.07 Å². The number of nitriles is 1. The van der Waals surface area contributed by atoms with E-state index in [1.54, 1.807) is 12.1 Å². The number of hydrogen-bond acceptors (Lipinski definition) is 3. The van der Waals surface area contributed by atoms with Crippen LogP contribution in [-0.4, -0.2) is 0 Å². The van der Waals surface area contributed by atoms with E-state index >= 15 is 0 Å². The fourth-order valence-corrected chi connectivity index (χ4v) is 2.68. The van der Waals surface area contributed by atoms with E-state index in [0.717, 1.165) is 18.5 Å². The molecule has 0 radical (unpaired) electrons. The summed E-state index contributed by atoms with van der Waals surface area (Å²) >= 11 is 0. The van der Waals surface area contributed by atoms with Crippen molar-refractivity contribution in [1.82, 2.24) is 0 Å². The van der Waals surface area contributed by atoms with Gasteiger partial charge >= 0.3 is 0 Å². The van der Waals surface area contributed by atoms with Crippen LogP contribution in [0.3, 0.4) is 0 Å². The Kier molecular flexibility index (Phi) is 3.03. The fourth-order valence-electron chi connectivity index (χ4n) is 2.68. The maximum atomic E-state index is 13.9. The van der Waals surface area contributed by atoms with Crippen molar-refractivity contribution in [2.45, 2.75) is 18.9 Å². The van der Waals surface area contributed by atoms with Crippen LogP contribution in [0.15, 0.2) is 36.4 Å². The quantitative estimate of drug-likeness (QED) is 0.820. The standard InChI is InChI=1S/C16H14FN3/c17-14-7-10(9-18)1-5-16(14)20-15-6-2-11-8-12(19)3-4-13(11)15/h1,3-5,7-8,15,20H,2,6,19H2. The molecule has 1 unspecified atom stereocenters. The number of halogens is 1. The summed E-state index contributed by atoms with van der Waals surface area (Å²) in [5.74, 6) is -0.395. The van der Waals surface area contributed by atoms with Crippen LogP contribution in [-0.2, 0) is 6.42 Å². The molecule has 1 atom stereocenters. The van der Waals surface area contributed by atoms with E-state index in [1.807, 2.05) is 24.3 Å². The summed E-state index contributed by atoms with van der Waals surface area (Å²) in [7, 11) is 0. The number of nitrogens with zero attached hydrogens (tertiary/aromatic N) is 1. The molecule has 0 spiro atoms. The highest BCUT2D eigenvalue weighted by Crippen LogP contribution is 2.35. The van der Waals surface area contributed by atoms with Crippen molar-refractivity contribution in [2.24, 2.45) is 0 Å². The molecule has 3 rings (SSSR count). The average molecular weight is 267 g/mol. The minimum absolute atomic E-state index is 0.0908. The van der Waals surface area contributed by atoms with Gasteiger partial charge in [-0.3, -0.25) is 0 Å². The van der Waals surface area contributed by atoms with Crippen molar-refractivity contribution < 1.29 is 4.39 Å². The summed E-state index contributed by atoms with van der Waals surface area (Å²) in [5, 5.41) is 12.0. The first kappa shape index (κ1) is 12.5. The third-order valence-electron chi connectivity index (χ3n) is 3.67. The number of rotatable bonds is 2. The third-order valence-corrected chi connectivity index (χ3v) is 3.67. The fraction of sp³-hybridized carbons (Fsp3) is 0.188. The first-order valence-corrected chi connectivity index (χ1v) is 6.52. The Labute approximate surface area is 116 Å². The molecule has 4 heteroatoms. The number of benzene rings is 2. The molecule has 0 aliphatic heterocycles. The number of anilines is 2. The van der Waals surface area contributed by atoms with E-state index in [4.69, 9.17) is 11.0 Å². The van der Waals surface area contributed by atoms with Crippen LogP contribution in [0.2, 0.25) is 0 Å². The Hall–Kier alpha value is -2.54. The normalized spacial score (nSPS) is 16.5. The number of aryl methyl sites for hydroxylation is 1. The summed E-state index contributed by atoms with van der Waals surface area (Å²) in [6, 6.07) is 12.3. The molecule has 0 aromatic heterocycles. The Morgan fingerprint density at radius 3 is 2.85 bits per heavy atom. The highest BCUT2D eigenvalue weighted by atomic mass is 19.1. The monoisotopic (exact) mass is 267 g/mol. The van der Waals surface area contributed by atoms with Crippen molar-refractivity contribution in [3.05, 3.63) is 58.9 Å². The second-order valence-corrected chi connectivity index (χ2v) is 5.00. The second kappa shape index (κ2) is 4.86. The predicted octanol–water partition coefficient (Wildman–Crippen LogP) is 3.38. The molecule has 0 saturated heterocycles. The van der Waals surface area contributed by atoms with E-state index in [0.29, 0.717) is 11.3 Å². The molecule has 100 valence electrons. The molecule has 0 bridgehead atoms. The van der Waals surface area contributed by atoms with Gasteiger partial charge in [-0.1, -0.05) is 6.07 Å². The molecular weight excluding hydrogens is 253 g/mol. The zero-order valence-corrected chi connectivity index (χ0v) is 10.9. The molecule has 1 aliphatic carbocycles. The molecule has 0 amide bonds. The zero-order chi connectivity index (χ0) is 14.1. The van der Waals surface area contributed by atoms with Crippen molar-refractivity contribution in [2.75, 3.05) is 11.1 Å². The lowest BCUT2D eigenvalue weighted by atomic mass is 10.1. The Bertz CT molecular complexity index is 703. The van der Waals surface area contributed by atoms with E-state index in [9.17, 15) is 4.39 Å². The molecule has 0 heterocycles. The van der Waals surface area contributed by atoms with E-state index in [-0.39, 0.29) is 6.04 Å². The van der Waals surface area contributed by atoms with Crippen molar-refractivity contribution in [1.29, 1.82) is 5.26 Å². The third kappa shape index (κ3) is 2.19. The lowest BCUT2D eigenvalue weighted by Gasteiger charge is -2.16. The van der Waals surface area contributed by atoms with Crippen LogP contribution in [0, 0.1) is 17.1 Å². The highest BCUT2D eigenvalue weighted by molar-refractivity contribution is 5.54. The summed E-state index contributed by atoms with van der Waals surface area (Å²) in [5.41, 5.74) is 9.68. The molecule has 2 aromatic rings. The van der Waals surface area contributed by atoms with Gasteiger partial charge in [-0.25, -0.2) is 4.39 Å². The maximum Gasteiger partial charge on any atom is 0.147 e. The predicted molar refractivity (Wildman–Crippen MR) is 76.7 cm³/mol. The maximum absolute atomic E-state index is 13.9. The largest absolute Gasteiger partial charge is 0.399 e. The van der Waals surface area contributed by atoms with Crippen LogP contribution in [0.25, 0.3) is 0 Å². The van der Waals surface area contributed by atoms with Gasteiger partial charge < -0.3 is 11.1 Å². The van der Waals surface area contributed by atoms with Gasteiger partial charge in [0.1, 0.15) is 5.82 Å². The molecule has 3 nitrogen and oxygen atoms in total.